The second-order valence-electron chi connectivity index (χ2n) is 19.1. The van der Waals surface area contributed by atoms with Crippen molar-refractivity contribution < 1.29 is 4.42 Å². The lowest BCUT2D eigenvalue weighted by atomic mass is 9.49. The Labute approximate surface area is 352 Å². The van der Waals surface area contributed by atoms with Gasteiger partial charge in [-0.1, -0.05) is 105 Å². The first kappa shape index (κ1) is 36.8. The normalized spacial score (nSPS) is 25.1. The van der Waals surface area contributed by atoms with Crippen molar-refractivity contribution in [1.82, 2.24) is 0 Å². The van der Waals surface area contributed by atoms with Gasteiger partial charge in [0.2, 0.25) is 0 Å². The Hall–Kier alpha value is -5.25. The Bertz CT molecular complexity index is 2780. The number of nitrogens with zero attached hydrogens (tertiary/aromatic N) is 1. The van der Waals surface area contributed by atoms with Gasteiger partial charge >= 0.3 is 0 Å². The van der Waals surface area contributed by atoms with E-state index in [1.165, 1.54) is 58.2 Å². The minimum atomic E-state index is -0.838. The molecule has 11 rings (SSSR count). The summed E-state index contributed by atoms with van der Waals surface area (Å²) < 4.78 is 6.83. The summed E-state index contributed by atoms with van der Waals surface area (Å²) >= 11 is 0. The molecule has 4 aliphatic carbocycles. The van der Waals surface area contributed by atoms with Crippen LogP contribution in [-0.4, -0.2) is 18.8 Å². The van der Waals surface area contributed by atoms with Crippen molar-refractivity contribution in [2.45, 2.75) is 62.2 Å². The molecule has 2 fully saturated rings. The highest BCUT2D eigenvalue weighted by molar-refractivity contribution is 8.32. The molecule has 1 heterocycles. The van der Waals surface area contributed by atoms with Crippen molar-refractivity contribution >= 4 is 54.6 Å². The zero-order valence-electron chi connectivity index (χ0n) is 35.1. The molecule has 0 aliphatic heterocycles. The standard InChI is InChI=1S/C56H55NOS/c1-36-29-38-31-37(2)56(43(30-36)32-38)52-14-10-9-13-48(52)51-33-41(18-28-53(51)56)42-17-26-49-50-27-23-46(35-55(50)58-54(49)34-42)57(45-21-24-47(25-22-45)59(3,4)5)44-19-15-40(16-20-44)39-11-7-6-8-12-39/h6-28,34-38,41,43H,29-33H2,1-5H3. The second kappa shape index (κ2) is 13.9. The van der Waals surface area contributed by atoms with Gasteiger partial charge in [0.05, 0.1) is 0 Å². The lowest BCUT2D eigenvalue weighted by Crippen LogP contribution is -2.49. The number of anilines is 3. The number of hydrogen-bond acceptors (Lipinski definition) is 2. The molecule has 2 nitrogen and oxygen atoms in total. The fraction of sp³-hybridized carbons (Fsp3) is 0.286. The summed E-state index contributed by atoms with van der Waals surface area (Å²) in [5.41, 5.74) is 15.5. The van der Waals surface area contributed by atoms with Crippen LogP contribution in [0.25, 0.3) is 38.6 Å². The lowest BCUT2D eigenvalue weighted by molar-refractivity contribution is 0.0415. The molecule has 3 heteroatoms. The van der Waals surface area contributed by atoms with E-state index in [9.17, 15) is 0 Å². The van der Waals surface area contributed by atoms with Crippen LogP contribution in [0.15, 0.2) is 167 Å². The molecule has 2 bridgehead atoms. The Balaban J connectivity index is 0.942. The third-order valence-corrected chi connectivity index (χ3v) is 16.4. The summed E-state index contributed by atoms with van der Waals surface area (Å²) in [6.45, 7) is 5.08. The van der Waals surface area contributed by atoms with Crippen molar-refractivity contribution in [2.24, 2.45) is 23.7 Å². The molecule has 6 atom stereocenters. The van der Waals surface area contributed by atoms with Crippen LogP contribution in [0.4, 0.5) is 17.1 Å². The molecule has 0 saturated heterocycles. The topological polar surface area (TPSA) is 16.4 Å². The largest absolute Gasteiger partial charge is 0.456 e. The van der Waals surface area contributed by atoms with Crippen LogP contribution in [-0.2, 0) is 5.41 Å². The van der Waals surface area contributed by atoms with Crippen LogP contribution >= 0.6 is 10.0 Å². The molecule has 2 saturated carbocycles. The lowest BCUT2D eigenvalue weighted by Gasteiger charge is -2.55. The van der Waals surface area contributed by atoms with E-state index < -0.39 is 10.0 Å². The molecule has 4 aliphatic rings. The third kappa shape index (κ3) is 5.98. The van der Waals surface area contributed by atoms with E-state index in [2.05, 4.69) is 189 Å². The van der Waals surface area contributed by atoms with Gasteiger partial charge < -0.3 is 9.32 Å². The number of furan rings is 1. The number of benzene rings is 6. The monoisotopic (exact) mass is 789 g/mol. The summed E-state index contributed by atoms with van der Waals surface area (Å²) in [5, 5.41) is 2.33. The van der Waals surface area contributed by atoms with Gasteiger partial charge in [0.25, 0.3) is 0 Å². The van der Waals surface area contributed by atoms with Gasteiger partial charge in [0.1, 0.15) is 11.2 Å². The van der Waals surface area contributed by atoms with E-state index in [0.29, 0.717) is 11.8 Å². The van der Waals surface area contributed by atoms with Gasteiger partial charge in [-0.3, -0.25) is 0 Å². The van der Waals surface area contributed by atoms with Crippen LogP contribution in [0, 0.1) is 23.7 Å². The number of hydrogen-bond donors (Lipinski definition) is 0. The van der Waals surface area contributed by atoms with Crippen molar-refractivity contribution in [2.75, 3.05) is 23.7 Å². The molecule has 59 heavy (non-hydrogen) atoms. The zero-order chi connectivity index (χ0) is 40.0. The molecule has 1 aromatic heterocycles. The number of rotatable bonds is 6. The van der Waals surface area contributed by atoms with Gasteiger partial charge in [-0.2, -0.15) is 0 Å². The van der Waals surface area contributed by atoms with Crippen LogP contribution in [0.3, 0.4) is 0 Å². The number of allylic oxidation sites excluding steroid dienone is 4. The minimum absolute atomic E-state index is 0.159. The quantitative estimate of drug-likeness (QED) is 0.167. The Morgan fingerprint density at radius 2 is 1.29 bits per heavy atom. The molecule has 0 N–H and O–H groups in total. The van der Waals surface area contributed by atoms with E-state index in [0.717, 1.165) is 57.8 Å². The van der Waals surface area contributed by atoms with E-state index in [-0.39, 0.29) is 5.41 Å². The first-order valence-corrected chi connectivity index (χ1v) is 24.7. The van der Waals surface area contributed by atoms with Crippen molar-refractivity contribution in [3.63, 3.8) is 0 Å². The number of fused-ring (bicyclic) bond motifs is 10. The van der Waals surface area contributed by atoms with Crippen LogP contribution in [0.5, 0.6) is 0 Å². The van der Waals surface area contributed by atoms with Gasteiger partial charge in [-0.25, -0.2) is 10.0 Å². The van der Waals surface area contributed by atoms with Gasteiger partial charge in [-0.15, -0.1) is 0 Å². The average molecular weight is 790 g/mol. The molecular weight excluding hydrogens is 735 g/mol. The van der Waals surface area contributed by atoms with Crippen molar-refractivity contribution in [3.05, 3.63) is 174 Å². The highest BCUT2D eigenvalue weighted by Crippen LogP contribution is 2.65. The summed E-state index contributed by atoms with van der Waals surface area (Å²) in [4.78, 5) is 3.77. The third-order valence-electron chi connectivity index (χ3n) is 14.7. The average Bonchev–Trinajstić information content (AvgIpc) is 3.76. The Morgan fingerprint density at radius 3 is 2.05 bits per heavy atom. The summed E-state index contributed by atoms with van der Waals surface area (Å²) in [7, 11) is -0.838. The van der Waals surface area contributed by atoms with E-state index >= 15 is 0 Å². The fourth-order valence-electron chi connectivity index (χ4n) is 12.2. The fourth-order valence-corrected chi connectivity index (χ4v) is 13.2. The second-order valence-corrected chi connectivity index (χ2v) is 23.3. The van der Waals surface area contributed by atoms with Crippen molar-refractivity contribution in [1.29, 1.82) is 0 Å². The molecule has 7 aromatic rings. The molecule has 0 amide bonds. The van der Waals surface area contributed by atoms with E-state index in [1.54, 1.807) is 16.7 Å². The Morgan fingerprint density at radius 1 is 0.627 bits per heavy atom. The first-order valence-electron chi connectivity index (χ1n) is 21.9. The molecular formula is C56H55NOS. The van der Waals surface area contributed by atoms with Gasteiger partial charge in [0.15, 0.2) is 0 Å². The molecule has 1 spiro atoms. The summed E-state index contributed by atoms with van der Waals surface area (Å²) in [6.07, 6.45) is 18.7. The maximum Gasteiger partial charge on any atom is 0.137 e. The minimum Gasteiger partial charge on any atom is -0.456 e. The van der Waals surface area contributed by atoms with Crippen LogP contribution in [0.1, 0.15) is 68.6 Å². The van der Waals surface area contributed by atoms with Crippen molar-refractivity contribution in [3.8, 4) is 11.1 Å². The molecule has 296 valence electrons. The summed E-state index contributed by atoms with van der Waals surface area (Å²) in [6, 6.07) is 52.0. The first-order chi connectivity index (χ1) is 28.6. The van der Waals surface area contributed by atoms with Crippen LogP contribution < -0.4 is 4.90 Å². The predicted molar refractivity (Wildman–Crippen MR) is 253 cm³/mol. The molecule has 6 aromatic carbocycles. The SMILES string of the molecule is CC1CC2CC(C)C3(C4=C(CC(c5ccc6c(c5)oc5cc(N(c7ccc(-c8ccccc8)cc7)c7ccc(S(C)(C)C)cc7)ccc56)C=C4)c4ccccc43)C(C1)C2. The maximum absolute atomic E-state index is 6.83. The van der Waals surface area contributed by atoms with Crippen LogP contribution in [0.2, 0.25) is 0 Å². The predicted octanol–water partition coefficient (Wildman–Crippen LogP) is 15.6. The highest BCUT2D eigenvalue weighted by atomic mass is 32.3. The highest BCUT2D eigenvalue weighted by Gasteiger charge is 2.57. The smallest absolute Gasteiger partial charge is 0.137 e. The maximum atomic E-state index is 6.83. The van der Waals surface area contributed by atoms with Gasteiger partial charge in [-0.05, 0) is 173 Å². The molecule has 6 unspecified atom stereocenters. The van der Waals surface area contributed by atoms with Gasteiger partial charge in [0, 0.05) is 45.2 Å². The van der Waals surface area contributed by atoms with E-state index in [1.807, 2.05) is 0 Å². The molecule has 0 radical (unpaired) electrons. The van der Waals surface area contributed by atoms with E-state index in [4.69, 9.17) is 4.42 Å². The Kier molecular flexibility index (Phi) is 8.68. The zero-order valence-corrected chi connectivity index (χ0v) is 35.9. The summed E-state index contributed by atoms with van der Waals surface area (Å²) in [5.74, 6) is 3.43.